The van der Waals surface area contributed by atoms with Gasteiger partial charge in [0.2, 0.25) is 0 Å². The smallest absolute Gasteiger partial charge is 0.339 e. The van der Waals surface area contributed by atoms with Crippen molar-refractivity contribution in [1.82, 2.24) is 5.32 Å². The summed E-state index contributed by atoms with van der Waals surface area (Å²) in [6.07, 6.45) is 1.42. The highest BCUT2D eigenvalue weighted by molar-refractivity contribution is 8.18. The number of benzene rings is 3. The van der Waals surface area contributed by atoms with Crippen molar-refractivity contribution >= 4 is 39.1 Å². The first-order chi connectivity index (χ1) is 14.4. The molecule has 0 bridgehead atoms. The topological polar surface area (TPSA) is 89.5 Å². The van der Waals surface area contributed by atoms with Crippen molar-refractivity contribution in [2.24, 2.45) is 0 Å². The Morgan fingerprint density at radius 2 is 1.43 bits per heavy atom. The van der Waals surface area contributed by atoms with Crippen molar-refractivity contribution in [3.05, 3.63) is 89.3 Å². The molecule has 30 heavy (non-hydrogen) atoms. The van der Waals surface area contributed by atoms with Crippen LogP contribution in [-0.2, 0) is 14.9 Å². The van der Waals surface area contributed by atoms with Crippen LogP contribution in [0.1, 0.15) is 5.56 Å². The maximum Gasteiger partial charge on any atom is 0.339 e. The lowest BCUT2D eigenvalue weighted by Crippen LogP contribution is -2.17. The molecule has 1 aliphatic heterocycles. The number of thioether (sulfide) groups is 1. The molecule has 4 rings (SSSR count). The van der Waals surface area contributed by atoms with Crippen molar-refractivity contribution in [2.75, 3.05) is 0 Å². The molecule has 1 saturated heterocycles. The number of hydrogen-bond donors (Lipinski definition) is 1. The molecule has 0 unspecified atom stereocenters. The molecule has 150 valence electrons. The minimum Gasteiger partial charge on any atom is -0.378 e. The number of carbonyl (C=O) groups is 2. The number of para-hydroxylation sites is 1. The van der Waals surface area contributed by atoms with E-state index in [2.05, 4.69) is 5.32 Å². The molecule has 1 heterocycles. The standard InChI is InChI=1S/C22H15NO5S2/c24-21-20(29-22(25)23-21)14-17-8-4-5-9-19(17)28-30(26,27)18-12-10-16(11-13-18)15-6-2-1-3-7-15/h1-14H,(H,23,24,25)/b20-14-. The molecule has 2 amide bonds. The average molecular weight is 437 g/mol. The van der Waals surface area contributed by atoms with E-state index in [1.54, 1.807) is 30.3 Å². The lowest BCUT2D eigenvalue weighted by Gasteiger charge is -2.10. The van der Waals surface area contributed by atoms with E-state index in [4.69, 9.17) is 4.18 Å². The molecule has 1 N–H and O–H groups in total. The Morgan fingerprint density at radius 3 is 2.10 bits per heavy atom. The fourth-order valence-corrected chi connectivity index (χ4v) is 4.48. The number of carbonyl (C=O) groups excluding carboxylic acids is 2. The second-order valence-electron chi connectivity index (χ2n) is 6.32. The van der Waals surface area contributed by atoms with Crippen LogP contribution >= 0.6 is 11.8 Å². The van der Waals surface area contributed by atoms with Gasteiger partial charge in [0.15, 0.2) is 0 Å². The van der Waals surface area contributed by atoms with Crippen LogP contribution in [-0.4, -0.2) is 19.6 Å². The Kier molecular flexibility index (Phi) is 5.43. The summed E-state index contributed by atoms with van der Waals surface area (Å²) in [5.74, 6) is -0.468. The number of hydrogen-bond acceptors (Lipinski definition) is 6. The fraction of sp³-hybridized carbons (Fsp3) is 0. The van der Waals surface area contributed by atoms with Crippen molar-refractivity contribution in [3.63, 3.8) is 0 Å². The third-order valence-electron chi connectivity index (χ3n) is 4.30. The summed E-state index contributed by atoms with van der Waals surface area (Å²) >= 11 is 0.748. The lowest BCUT2D eigenvalue weighted by atomic mass is 10.1. The maximum absolute atomic E-state index is 12.8. The van der Waals surface area contributed by atoms with Crippen molar-refractivity contribution < 1.29 is 22.2 Å². The van der Waals surface area contributed by atoms with Crippen LogP contribution < -0.4 is 9.50 Å². The molecule has 3 aromatic carbocycles. The Labute approximate surface area is 177 Å². The normalized spacial score (nSPS) is 15.3. The molecule has 0 saturated carbocycles. The zero-order chi connectivity index (χ0) is 21.1. The van der Waals surface area contributed by atoms with Gasteiger partial charge < -0.3 is 4.18 Å². The van der Waals surface area contributed by atoms with Gasteiger partial charge in [-0.05, 0) is 47.2 Å². The van der Waals surface area contributed by atoms with Crippen LogP contribution in [0.2, 0.25) is 0 Å². The number of imide groups is 1. The van der Waals surface area contributed by atoms with Crippen LogP contribution in [0.15, 0.2) is 88.7 Å². The summed E-state index contributed by atoms with van der Waals surface area (Å²) in [6.45, 7) is 0. The third kappa shape index (κ3) is 4.29. The zero-order valence-corrected chi connectivity index (χ0v) is 17.1. The SMILES string of the molecule is O=C1NC(=O)/C(=C/c2ccccc2OS(=O)(=O)c2ccc(-c3ccccc3)cc2)S1. The van der Waals surface area contributed by atoms with Gasteiger partial charge >= 0.3 is 10.1 Å². The lowest BCUT2D eigenvalue weighted by molar-refractivity contribution is -0.115. The van der Waals surface area contributed by atoms with E-state index in [-0.39, 0.29) is 15.6 Å². The zero-order valence-electron chi connectivity index (χ0n) is 15.4. The molecule has 0 spiro atoms. The third-order valence-corrected chi connectivity index (χ3v) is 6.36. The number of rotatable bonds is 5. The highest BCUT2D eigenvalue weighted by atomic mass is 32.2. The van der Waals surface area contributed by atoms with Crippen LogP contribution in [0.4, 0.5) is 4.79 Å². The predicted molar refractivity (Wildman–Crippen MR) is 115 cm³/mol. The van der Waals surface area contributed by atoms with Gasteiger partial charge in [-0.2, -0.15) is 8.42 Å². The first kappa shape index (κ1) is 19.9. The Bertz CT molecular complexity index is 1250. The molecule has 0 aliphatic carbocycles. The molecule has 1 aliphatic rings. The molecule has 3 aromatic rings. The van der Waals surface area contributed by atoms with Gasteiger partial charge in [0.25, 0.3) is 11.1 Å². The summed E-state index contributed by atoms with van der Waals surface area (Å²) in [6, 6.07) is 22.4. The van der Waals surface area contributed by atoms with E-state index in [0.29, 0.717) is 5.56 Å². The first-order valence-electron chi connectivity index (χ1n) is 8.86. The Hall–Kier alpha value is -3.36. The molecular weight excluding hydrogens is 422 g/mol. The summed E-state index contributed by atoms with van der Waals surface area (Å²) in [5, 5.41) is 1.68. The van der Waals surface area contributed by atoms with Gasteiger partial charge in [-0.3, -0.25) is 14.9 Å². The summed E-state index contributed by atoms with van der Waals surface area (Å²) in [5.41, 5.74) is 2.23. The van der Waals surface area contributed by atoms with Crippen molar-refractivity contribution in [2.45, 2.75) is 4.90 Å². The molecule has 0 radical (unpaired) electrons. The second-order valence-corrected chi connectivity index (χ2v) is 8.88. The van der Waals surface area contributed by atoms with E-state index in [1.807, 2.05) is 30.3 Å². The highest BCUT2D eigenvalue weighted by Crippen LogP contribution is 2.31. The quantitative estimate of drug-likeness (QED) is 0.469. The molecule has 1 fully saturated rings. The first-order valence-corrected chi connectivity index (χ1v) is 11.1. The van der Waals surface area contributed by atoms with E-state index >= 15 is 0 Å². The second kappa shape index (κ2) is 8.17. The Morgan fingerprint density at radius 1 is 0.800 bits per heavy atom. The van der Waals surface area contributed by atoms with Crippen molar-refractivity contribution in [1.29, 1.82) is 0 Å². The minimum absolute atomic E-state index is 0.00722. The molecule has 8 heteroatoms. The van der Waals surface area contributed by atoms with Gasteiger partial charge in [-0.15, -0.1) is 0 Å². The van der Waals surface area contributed by atoms with Crippen LogP contribution in [0.25, 0.3) is 17.2 Å². The van der Waals surface area contributed by atoms with Gasteiger partial charge in [0.1, 0.15) is 10.6 Å². The van der Waals surface area contributed by atoms with Gasteiger partial charge in [-0.1, -0.05) is 60.7 Å². The highest BCUT2D eigenvalue weighted by Gasteiger charge is 2.26. The molecule has 6 nitrogen and oxygen atoms in total. The van der Waals surface area contributed by atoms with Crippen LogP contribution in [0.3, 0.4) is 0 Å². The van der Waals surface area contributed by atoms with Gasteiger partial charge in [-0.25, -0.2) is 0 Å². The van der Waals surface area contributed by atoms with E-state index in [9.17, 15) is 18.0 Å². The maximum atomic E-state index is 12.8. The van der Waals surface area contributed by atoms with Crippen LogP contribution in [0, 0.1) is 0 Å². The average Bonchev–Trinajstić information content (AvgIpc) is 3.07. The largest absolute Gasteiger partial charge is 0.378 e. The van der Waals surface area contributed by atoms with Gasteiger partial charge in [0.05, 0.1) is 4.91 Å². The summed E-state index contributed by atoms with van der Waals surface area (Å²) in [7, 11) is -4.10. The summed E-state index contributed by atoms with van der Waals surface area (Å²) < 4.78 is 30.9. The number of nitrogens with one attached hydrogen (secondary N) is 1. The van der Waals surface area contributed by atoms with Crippen LogP contribution in [0.5, 0.6) is 5.75 Å². The van der Waals surface area contributed by atoms with E-state index < -0.39 is 21.3 Å². The number of amides is 2. The van der Waals surface area contributed by atoms with Gasteiger partial charge in [0, 0.05) is 5.56 Å². The van der Waals surface area contributed by atoms with Crippen molar-refractivity contribution in [3.8, 4) is 16.9 Å². The monoisotopic (exact) mass is 437 g/mol. The van der Waals surface area contributed by atoms with E-state index in [0.717, 1.165) is 22.9 Å². The summed E-state index contributed by atoms with van der Waals surface area (Å²) in [4.78, 5) is 23.3. The molecular formula is C22H15NO5S2. The Balaban J connectivity index is 1.61. The predicted octanol–water partition coefficient (Wildman–Crippen LogP) is 4.45. The fourth-order valence-electron chi connectivity index (χ4n) is 2.85. The molecule has 0 atom stereocenters. The van der Waals surface area contributed by atoms with E-state index in [1.165, 1.54) is 24.3 Å². The minimum atomic E-state index is -4.10. The molecule has 0 aromatic heterocycles.